The van der Waals surface area contributed by atoms with Crippen molar-refractivity contribution in [3.63, 3.8) is 0 Å². The number of fused-ring (bicyclic) bond motifs is 5. The Hall–Kier alpha value is -1.06. The van der Waals surface area contributed by atoms with Gasteiger partial charge in [0.05, 0.1) is 18.2 Å². The number of H-pyrrole nitrogens is 1. The van der Waals surface area contributed by atoms with Gasteiger partial charge in [0.1, 0.15) is 0 Å². The van der Waals surface area contributed by atoms with E-state index in [1.807, 2.05) is 6.20 Å². The molecule has 2 saturated heterocycles. The van der Waals surface area contributed by atoms with Gasteiger partial charge in [0.2, 0.25) is 0 Å². The Labute approximate surface area is 88.5 Å². The van der Waals surface area contributed by atoms with E-state index in [2.05, 4.69) is 34.6 Å². The van der Waals surface area contributed by atoms with Gasteiger partial charge in [-0.1, -0.05) is 12.2 Å². The molecule has 2 fully saturated rings. The first-order valence-electron chi connectivity index (χ1n) is 5.64. The van der Waals surface area contributed by atoms with Gasteiger partial charge in [-0.05, 0) is 12.1 Å². The van der Waals surface area contributed by atoms with Crippen LogP contribution < -0.4 is 5.32 Å². The van der Waals surface area contributed by atoms with Crippen LogP contribution in [0.4, 0.5) is 0 Å². The maximum Gasteiger partial charge on any atom is 0.0816 e. The Morgan fingerprint density at radius 1 is 1.27 bits per heavy atom. The third-order valence-electron chi connectivity index (χ3n) is 4.02. The first kappa shape index (κ1) is 8.13. The monoisotopic (exact) mass is 202 g/mol. The van der Waals surface area contributed by atoms with E-state index in [4.69, 9.17) is 4.74 Å². The number of hydrogen-bond donors (Lipinski definition) is 2. The number of rotatable bonds is 1. The molecule has 0 amide bonds. The Bertz CT molecular complexity index is 398. The normalized spacial score (nSPS) is 46.3. The highest BCUT2D eigenvalue weighted by atomic mass is 16.5. The second kappa shape index (κ2) is 2.74. The van der Waals surface area contributed by atoms with Gasteiger partial charge in [-0.3, -0.25) is 0 Å². The summed E-state index contributed by atoms with van der Waals surface area (Å²) >= 11 is 0. The smallest absolute Gasteiger partial charge is 0.0816 e. The van der Waals surface area contributed by atoms with Crippen LogP contribution in [0.2, 0.25) is 0 Å². The van der Waals surface area contributed by atoms with Crippen molar-refractivity contribution >= 4 is 0 Å². The summed E-state index contributed by atoms with van der Waals surface area (Å²) in [5, 5.41) is 3.61. The fraction of sp³-hybridized carbons (Fsp3) is 0.500. The van der Waals surface area contributed by atoms with Crippen LogP contribution in [0, 0.1) is 11.8 Å². The maximum absolute atomic E-state index is 5.90. The molecule has 3 nitrogen and oxygen atoms in total. The molecule has 5 atom stereocenters. The van der Waals surface area contributed by atoms with Crippen LogP contribution >= 0.6 is 0 Å². The molecule has 0 radical (unpaired) electrons. The SMILES string of the molecule is C1=C[C@H]2O[C@@H]1[C@@H]1CN[C@@H](c3ccc[nH]3)[C@@H]12. The number of aromatic nitrogens is 1. The van der Waals surface area contributed by atoms with E-state index in [1.165, 1.54) is 5.69 Å². The third kappa shape index (κ3) is 0.971. The number of aromatic amines is 1. The minimum atomic E-state index is 0.336. The second-order valence-corrected chi connectivity index (χ2v) is 4.70. The molecule has 4 rings (SSSR count). The van der Waals surface area contributed by atoms with Crippen LogP contribution in [0.1, 0.15) is 11.7 Å². The molecule has 3 heteroatoms. The topological polar surface area (TPSA) is 37.0 Å². The summed E-state index contributed by atoms with van der Waals surface area (Å²) in [7, 11) is 0. The third-order valence-corrected chi connectivity index (χ3v) is 4.02. The zero-order chi connectivity index (χ0) is 9.83. The van der Waals surface area contributed by atoms with Crippen LogP contribution in [-0.2, 0) is 4.74 Å². The maximum atomic E-state index is 5.90. The van der Waals surface area contributed by atoms with Crippen LogP contribution in [0.15, 0.2) is 30.5 Å². The predicted molar refractivity (Wildman–Crippen MR) is 56.3 cm³/mol. The fourth-order valence-electron chi connectivity index (χ4n) is 3.36. The quantitative estimate of drug-likeness (QED) is 0.672. The molecular weight excluding hydrogens is 188 g/mol. The van der Waals surface area contributed by atoms with Gasteiger partial charge in [-0.2, -0.15) is 0 Å². The molecule has 0 aromatic carbocycles. The lowest BCUT2D eigenvalue weighted by molar-refractivity contribution is 0.0931. The summed E-state index contributed by atoms with van der Waals surface area (Å²) < 4.78 is 5.90. The fourth-order valence-corrected chi connectivity index (χ4v) is 3.36. The Morgan fingerprint density at radius 2 is 2.20 bits per heavy atom. The highest BCUT2D eigenvalue weighted by Crippen LogP contribution is 2.48. The molecule has 1 aromatic heterocycles. The van der Waals surface area contributed by atoms with E-state index in [0.29, 0.717) is 30.1 Å². The summed E-state index contributed by atoms with van der Waals surface area (Å²) in [5.41, 5.74) is 1.30. The molecule has 0 saturated carbocycles. The highest BCUT2D eigenvalue weighted by Gasteiger charge is 2.53. The van der Waals surface area contributed by atoms with Crippen molar-refractivity contribution in [1.29, 1.82) is 0 Å². The molecule has 78 valence electrons. The van der Waals surface area contributed by atoms with Crippen LogP contribution in [0.25, 0.3) is 0 Å². The summed E-state index contributed by atoms with van der Waals surface area (Å²) in [5.74, 6) is 1.30. The van der Waals surface area contributed by atoms with Crippen molar-refractivity contribution in [2.45, 2.75) is 18.2 Å². The lowest BCUT2D eigenvalue weighted by atomic mass is 9.81. The van der Waals surface area contributed by atoms with Crippen LogP contribution in [0.3, 0.4) is 0 Å². The van der Waals surface area contributed by atoms with Crippen molar-refractivity contribution < 1.29 is 4.74 Å². The lowest BCUT2D eigenvalue weighted by Crippen LogP contribution is -2.25. The number of ether oxygens (including phenoxy) is 1. The summed E-state index contributed by atoms with van der Waals surface area (Å²) in [6.07, 6.45) is 7.16. The Balaban J connectivity index is 1.71. The van der Waals surface area contributed by atoms with Crippen LogP contribution in [-0.4, -0.2) is 23.7 Å². The van der Waals surface area contributed by atoms with Gasteiger partial charge in [0.25, 0.3) is 0 Å². The van der Waals surface area contributed by atoms with E-state index < -0.39 is 0 Å². The molecule has 15 heavy (non-hydrogen) atoms. The van der Waals surface area contributed by atoms with Crippen molar-refractivity contribution in [1.82, 2.24) is 10.3 Å². The van der Waals surface area contributed by atoms with Gasteiger partial charge in [-0.25, -0.2) is 0 Å². The molecule has 3 aliphatic heterocycles. The molecule has 2 bridgehead atoms. The van der Waals surface area contributed by atoms with E-state index in [0.717, 1.165) is 6.54 Å². The minimum Gasteiger partial charge on any atom is -0.366 e. The van der Waals surface area contributed by atoms with E-state index >= 15 is 0 Å². The summed E-state index contributed by atoms with van der Waals surface area (Å²) in [6, 6.07) is 4.68. The van der Waals surface area contributed by atoms with Gasteiger partial charge >= 0.3 is 0 Å². The van der Waals surface area contributed by atoms with E-state index in [-0.39, 0.29) is 0 Å². The molecular formula is C12H14N2O. The van der Waals surface area contributed by atoms with Gasteiger partial charge in [0, 0.05) is 30.3 Å². The largest absolute Gasteiger partial charge is 0.366 e. The molecule has 3 aliphatic rings. The van der Waals surface area contributed by atoms with Crippen molar-refractivity contribution in [3.05, 3.63) is 36.2 Å². The molecule has 0 aliphatic carbocycles. The second-order valence-electron chi connectivity index (χ2n) is 4.70. The summed E-state index contributed by atoms with van der Waals surface area (Å²) in [4.78, 5) is 3.31. The molecule has 0 spiro atoms. The average Bonchev–Trinajstić information content (AvgIpc) is 3.01. The average molecular weight is 202 g/mol. The molecule has 4 heterocycles. The van der Waals surface area contributed by atoms with Gasteiger partial charge in [0.15, 0.2) is 0 Å². The van der Waals surface area contributed by atoms with Gasteiger partial charge < -0.3 is 15.0 Å². The summed E-state index contributed by atoms with van der Waals surface area (Å²) in [6.45, 7) is 1.08. The Morgan fingerprint density at radius 3 is 3.07 bits per heavy atom. The number of nitrogens with one attached hydrogen (secondary N) is 2. The van der Waals surface area contributed by atoms with Crippen molar-refractivity contribution in [2.24, 2.45) is 11.8 Å². The standard InChI is InChI=1S/C12H14N2O/c1-2-8(13-5-1)12-11-7(6-14-12)9-3-4-10(11)15-9/h1-5,7,9-14H,6H2/t7-,9-,10+,11-,12-/m0/s1. The van der Waals surface area contributed by atoms with E-state index in [1.54, 1.807) is 0 Å². The van der Waals surface area contributed by atoms with E-state index in [9.17, 15) is 0 Å². The lowest BCUT2D eigenvalue weighted by Gasteiger charge is -2.21. The van der Waals surface area contributed by atoms with Crippen molar-refractivity contribution in [3.8, 4) is 0 Å². The minimum absolute atomic E-state index is 0.336. The zero-order valence-corrected chi connectivity index (χ0v) is 8.39. The molecule has 2 N–H and O–H groups in total. The van der Waals surface area contributed by atoms with Gasteiger partial charge in [-0.15, -0.1) is 0 Å². The molecule has 1 aromatic rings. The Kier molecular flexibility index (Phi) is 1.49. The first-order chi connectivity index (χ1) is 7.43. The number of hydrogen-bond acceptors (Lipinski definition) is 2. The van der Waals surface area contributed by atoms with Crippen LogP contribution in [0.5, 0.6) is 0 Å². The highest BCUT2D eigenvalue weighted by molar-refractivity contribution is 5.24. The zero-order valence-electron chi connectivity index (χ0n) is 8.39. The van der Waals surface area contributed by atoms with Crippen molar-refractivity contribution in [2.75, 3.05) is 6.54 Å². The first-order valence-corrected chi connectivity index (χ1v) is 5.64. The molecule has 0 unspecified atom stereocenters. The predicted octanol–water partition coefficient (Wildman–Crippen LogP) is 1.23.